The Bertz CT molecular complexity index is 813. The van der Waals surface area contributed by atoms with Gasteiger partial charge in [0.15, 0.2) is 0 Å². The summed E-state index contributed by atoms with van der Waals surface area (Å²) in [6.07, 6.45) is 3.23. The lowest BCUT2D eigenvalue weighted by Crippen LogP contribution is -2.62. The number of esters is 2. The first-order valence-corrected chi connectivity index (χ1v) is 9.61. The third-order valence-corrected chi connectivity index (χ3v) is 7.28. The van der Waals surface area contributed by atoms with E-state index in [1.165, 1.54) is 19.4 Å². The highest BCUT2D eigenvalue weighted by Gasteiger charge is 2.65. The van der Waals surface area contributed by atoms with Gasteiger partial charge >= 0.3 is 11.9 Å². The van der Waals surface area contributed by atoms with Crippen LogP contribution in [0, 0.1) is 22.7 Å². The lowest BCUT2D eigenvalue weighted by atomic mass is 9.44. The van der Waals surface area contributed by atoms with Crippen LogP contribution in [0.5, 0.6) is 0 Å². The number of carbonyl (C=O) groups is 2. The van der Waals surface area contributed by atoms with Crippen molar-refractivity contribution in [1.29, 1.82) is 0 Å². The monoisotopic (exact) mass is 390 g/mol. The highest BCUT2D eigenvalue weighted by atomic mass is 16.5. The van der Waals surface area contributed by atoms with Crippen LogP contribution in [0.2, 0.25) is 0 Å². The fraction of sp³-hybridized carbons (Fsp3) is 0.619. The number of ether oxygens (including phenoxy) is 2. The normalized spacial score (nSPS) is 42.7. The van der Waals surface area contributed by atoms with Crippen molar-refractivity contribution in [1.82, 2.24) is 0 Å². The van der Waals surface area contributed by atoms with Gasteiger partial charge in [-0.1, -0.05) is 13.8 Å². The maximum atomic E-state index is 12.9. The molecule has 1 saturated heterocycles. The van der Waals surface area contributed by atoms with Gasteiger partial charge in [0.25, 0.3) is 0 Å². The van der Waals surface area contributed by atoms with Crippen molar-refractivity contribution >= 4 is 11.9 Å². The van der Waals surface area contributed by atoms with Crippen molar-refractivity contribution in [3.63, 3.8) is 0 Å². The van der Waals surface area contributed by atoms with Crippen molar-refractivity contribution in [3.05, 3.63) is 35.8 Å². The molecule has 0 amide bonds. The summed E-state index contributed by atoms with van der Waals surface area (Å²) in [5.74, 6) is -1.73. The van der Waals surface area contributed by atoms with Crippen LogP contribution in [0.25, 0.3) is 0 Å². The number of cyclic esters (lactones) is 1. The van der Waals surface area contributed by atoms with Crippen LogP contribution in [0.3, 0.4) is 0 Å². The van der Waals surface area contributed by atoms with Crippen LogP contribution in [-0.4, -0.2) is 41.5 Å². The van der Waals surface area contributed by atoms with E-state index in [1.54, 1.807) is 12.3 Å². The maximum Gasteiger partial charge on any atom is 0.334 e. The Balaban J connectivity index is 1.80. The predicted molar refractivity (Wildman–Crippen MR) is 96.7 cm³/mol. The van der Waals surface area contributed by atoms with Gasteiger partial charge in [0, 0.05) is 22.5 Å². The molecule has 1 aromatic heterocycles. The fourth-order valence-electron chi connectivity index (χ4n) is 5.98. The van der Waals surface area contributed by atoms with Gasteiger partial charge in [0.1, 0.15) is 6.10 Å². The highest BCUT2D eigenvalue weighted by Crippen LogP contribution is 2.64. The first-order chi connectivity index (χ1) is 13.2. The molecule has 0 radical (unpaired) electrons. The van der Waals surface area contributed by atoms with Crippen molar-refractivity contribution in [2.75, 3.05) is 7.11 Å². The van der Waals surface area contributed by atoms with Gasteiger partial charge in [-0.25, -0.2) is 4.79 Å². The zero-order chi connectivity index (χ0) is 20.3. The number of hydrogen-bond donors (Lipinski definition) is 2. The Labute approximate surface area is 163 Å². The quantitative estimate of drug-likeness (QED) is 0.745. The Morgan fingerprint density at radius 1 is 1.32 bits per heavy atom. The topological polar surface area (TPSA) is 106 Å². The molecule has 7 atom stereocenters. The molecule has 7 nitrogen and oxygen atoms in total. The standard InChI is InChI=1S/C21H26O7/c1-20-6-4-12-19(25)28-15(11-5-7-27-10-11)9-21(12,2)17(20)16(23)14(22)8-13(20)18(24)26-3/h5,7-8,10,12,14-17,22-23H,4,6,9H2,1-3H3. The highest BCUT2D eigenvalue weighted by molar-refractivity contribution is 5.90. The van der Waals surface area contributed by atoms with Crippen LogP contribution in [0.4, 0.5) is 0 Å². The molecule has 1 saturated carbocycles. The molecule has 1 aromatic rings. The molecular weight excluding hydrogens is 364 g/mol. The van der Waals surface area contributed by atoms with Crippen LogP contribution >= 0.6 is 0 Å². The van der Waals surface area contributed by atoms with E-state index < -0.39 is 46.9 Å². The molecule has 2 fully saturated rings. The summed E-state index contributed by atoms with van der Waals surface area (Å²) in [6, 6.07) is 1.76. The molecule has 0 bridgehead atoms. The second-order valence-corrected chi connectivity index (χ2v) is 8.73. The van der Waals surface area contributed by atoms with E-state index in [9.17, 15) is 19.8 Å². The molecule has 3 aliphatic rings. The summed E-state index contributed by atoms with van der Waals surface area (Å²) >= 11 is 0. The molecule has 152 valence electrons. The van der Waals surface area contributed by atoms with Gasteiger partial charge in [-0.05, 0) is 36.8 Å². The van der Waals surface area contributed by atoms with Crippen LogP contribution in [0.1, 0.15) is 44.8 Å². The molecule has 0 aromatic carbocycles. The zero-order valence-corrected chi connectivity index (χ0v) is 16.3. The van der Waals surface area contributed by atoms with E-state index in [2.05, 4.69) is 0 Å². The van der Waals surface area contributed by atoms with Gasteiger partial charge in [-0.15, -0.1) is 0 Å². The third-order valence-electron chi connectivity index (χ3n) is 7.28. The molecule has 0 spiro atoms. The SMILES string of the molecule is COC(=O)C1=CC(O)C(O)C2C1(C)CCC1C(=O)OC(c3ccoc3)CC12C. The number of furan rings is 1. The molecule has 7 heteroatoms. The van der Waals surface area contributed by atoms with Crippen molar-refractivity contribution in [2.45, 2.75) is 51.4 Å². The summed E-state index contributed by atoms with van der Waals surface area (Å²) in [4.78, 5) is 25.3. The van der Waals surface area contributed by atoms with Crippen molar-refractivity contribution in [2.24, 2.45) is 22.7 Å². The Hall–Kier alpha value is -2.12. The van der Waals surface area contributed by atoms with E-state index in [-0.39, 0.29) is 5.97 Å². The van der Waals surface area contributed by atoms with Crippen LogP contribution in [-0.2, 0) is 19.1 Å². The summed E-state index contributed by atoms with van der Waals surface area (Å²) in [7, 11) is 1.30. The molecule has 28 heavy (non-hydrogen) atoms. The molecule has 1 aliphatic heterocycles. The van der Waals surface area contributed by atoms with E-state index in [4.69, 9.17) is 13.9 Å². The number of hydrogen-bond acceptors (Lipinski definition) is 7. The summed E-state index contributed by atoms with van der Waals surface area (Å²) in [5.41, 5.74) is -0.250. The second-order valence-electron chi connectivity index (χ2n) is 8.73. The number of aliphatic hydroxyl groups excluding tert-OH is 2. The van der Waals surface area contributed by atoms with Gasteiger partial charge in [0.05, 0.1) is 37.8 Å². The van der Waals surface area contributed by atoms with E-state index >= 15 is 0 Å². The molecule has 4 rings (SSSR count). The van der Waals surface area contributed by atoms with Crippen molar-refractivity contribution in [3.8, 4) is 0 Å². The van der Waals surface area contributed by atoms with Crippen LogP contribution in [0.15, 0.2) is 34.7 Å². The van der Waals surface area contributed by atoms with E-state index in [0.717, 1.165) is 5.56 Å². The summed E-state index contributed by atoms with van der Waals surface area (Å²) < 4.78 is 15.8. The lowest BCUT2D eigenvalue weighted by Gasteiger charge is -2.61. The molecule has 7 unspecified atom stereocenters. The second kappa shape index (κ2) is 6.46. The van der Waals surface area contributed by atoms with Crippen LogP contribution < -0.4 is 0 Å². The summed E-state index contributed by atoms with van der Waals surface area (Å²) in [6.45, 7) is 3.88. The largest absolute Gasteiger partial charge is 0.472 e. The minimum atomic E-state index is -1.20. The van der Waals surface area contributed by atoms with Crippen molar-refractivity contribution < 1.29 is 33.7 Å². The Morgan fingerprint density at radius 2 is 2.07 bits per heavy atom. The first kappa shape index (κ1) is 19.2. The number of fused-ring (bicyclic) bond motifs is 3. The first-order valence-electron chi connectivity index (χ1n) is 9.61. The smallest absolute Gasteiger partial charge is 0.334 e. The minimum Gasteiger partial charge on any atom is -0.472 e. The van der Waals surface area contributed by atoms with Gasteiger partial charge in [-0.3, -0.25) is 4.79 Å². The Morgan fingerprint density at radius 3 is 2.71 bits per heavy atom. The van der Waals surface area contributed by atoms with Gasteiger partial charge < -0.3 is 24.1 Å². The predicted octanol–water partition coefficient (Wildman–Crippen LogP) is 2.14. The van der Waals surface area contributed by atoms with E-state index in [1.807, 2.05) is 13.8 Å². The Kier molecular flexibility index (Phi) is 4.43. The maximum absolute atomic E-state index is 12.9. The zero-order valence-electron chi connectivity index (χ0n) is 16.3. The number of aliphatic hydroxyl groups is 2. The average Bonchev–Trinajstić information content (AvgIpc) is 3.18. The average molecular weight is 390 g/mol. The molecular formula is C21H26O7. The van der Waals surface area contributed by atoms with E-state index in [0.29, 0.717) is 24.8 Å². The third kappa shape index (κ3) is 2.56. The molecule has 2 N–H and O–H groups in total. The molecule has 2 aliphatic carbocycles. The van der Waals surface area contributed by atoms with Gasteiger partial charge in [0.2, 0.25) is 0 Å². The minimum absolute atomic E-state index is 0.308. The number of methoxy groups -OCH3 is 1. The fourth-order valence-corrected chi connectivity index (χ4v) is 5.98. The number of rotatable bonds is 2. The molecule has 2 heterocycles. The number of carbonyl (C=O) groups excluding carboxylic acids is 2. The summed E-state index contributed by atoms with van der Waals surface area (Å²) in [5, 5.41) is 21.5. The lowest BCUT2D eigenvalue weighted by molar-refractivity contribution is -0.206. The van der Waals surface area contributed by atoms with Gasteiger partial charge in [-0.2, -0.15) is 0 Å².